The highest BCUT2D eigenvalue weighted by Crippen LogP contribution is 2.33. The molecule has 0 radical (unpaired) electrons. The zero-order chi connectivity index (χ0) is 13.8. The second-order valence-electron chi connectivity index (χ2n) is 5.23. The van der Waals surface area contributed by atoms with Crippen molar-refractivity contribution in [2.24, 2.45) is 11.7 Å². The number of hydrogen-bond donors (Lipinski definition) is 1. The molecule has 2 unspecified atom stereocenters. The lowest BCUT2D eigenvalue weighted by Crippen LogP contribution is -2.43. The zero-order valence-corrected chi connectivity index (χ0v) is 12.9. The van der Waals surface area contributed by atoms with E-state index in [2.05, 4.69) is 33.9 Å². The average Bonchev–Trinajstić information content (AvgIpc) is 2.46. The molecule has 2 atom stereocenters. The smallest absolute Gasteiger partial charge is 0.101 e. The number of halogens is 1. The van der Waals surface area contributed by atoms with E-state index in [0.717, 1.165) is 28.7 Å². The first-order valence-electron chi connectivity index (χ1n) is 6.80. The van der Waals surface area contributed by atoms with E-state index in [4.69, 9.17) is 5.73 Å². The van der Waals surface area contributed by atoms with Crippen LogP contribution in [0, 0.1) is 17.2 Å². The van der Waals surface area contributed by atoms with E-state index >= 15 is 0 Å². The summed E-state index contributed by atoms with van der Waals surface area (Å²) >= 11 is 3.49. The molecule has 102 valence electrons. The molecule has 1 aromatic rings. The molecule has 1 aliphatic carbocycles. The number of benzene rings is 1. The summed E-state index contributed by atoms with van der Waals surface area (Å²) in [4.78, 5) is 2.25. The third-order valence-corrected chi connectivity index (χ3v) is 4.62. The maximum absolute atomic E-state index is 9.26. The molecule has 0 aromatic heterocycles. The predicted octanol–water partition coefficient (Wildman–Crippen LogP) is 3.27. The van der Waals surface area contributed by atoms with Crippen molar-refractivity contribution < 1.29 is 0 Å². The van der Waals surface area contributed by atoms with E-state index in [-0.39, 0.29) is 0 Å². The summed E-state index contributed by atoms with van der Waals surface area (Å²) in [5, 5.41) is 9.26. The molecular weight excluding hydrogens is 302 g/mol. The molecule has 2 N–H and O–H groups in total. The first kappa shape index (κ1) is 14.4. The van der Waals surface area contributed by atoms with Crippen molar-refractivity contribution in [2.45, 2.75) is 31.7 Å². The molecule has 2 rings (SSSR count). The number of rotatable bonds is 3. The molecule has 0 spiro atoms. The van der Waals surface area contributed by atoms with E-state index < -0.39 is 0 Å². The van der Waals surface area contributed by atoms with Gasteiger partial charge in [0, 0.05) is 17.6 Å². The van der Waals surface area contributed by atoms with Crippen LogP contribution in [0.4, 0.5) is 5.69 Å². The minimum Gasteiger partial charge on any atom is -0.370 e. The van der Waals surface area contributed by atoms with Gasteiger partial charge in [0.1, 0.15) is 6.07 Å². The van der Waals surface area contributed by atoms with Gasteiger partial charge in [0.2, 0.25) is 0 Å². The van der Waals surface area contributed by atoms with Crippen LogP contribution in [0.3, 0.4) is 0 Å². The van der Waals surface area contributed by atoms with Crippen molar-refractivity contribution in [1.29, 1.82) is 5.26 Å². The molecule has 1 saturated carbocycles. The summed E-state index contributed by atoms with van der Waals surface area (Å²) in [5.74, 6) is 0.532. The molecule has 3 nitrogen and oxygen atoms in total. The van der Waals surface area contributed by atoms with Crippen molar-refractivity contribution in [3.63, 3.8) is 0 Å². The van der Waals surface area contributed by atoms with Crippen LogP contribution >= 0.6 is 15.9 Å². The first-order chi connectivity index (χ1) is 9.17. The molecule has 4 heteroatoms. The highest BCUT2D eigenvalue weighted by molar-refractivity contribution is 9.10. The van der Waals surface area contributed by atoms with Crippen LogP contribution in [0.25, 0.3) is 0 Å². The van der Waals surface area contributed by atoms with Crippen LogP contribution in [-0.2, 0) is 0 Å². The first-order valence-corrected chi connectivity index (χ1v) is 7.59. The molecule has 1 fully saturated rings. The van der Waals surface area contributed by atoms with Gasteiger partial charge in [-0.2, -0.15) is 5.26 Å². The van der Waals surface area contributed by atoms with Gasteiger partial charge < -0.3 is 10.6 Å². The SMILES string of the molecule is CN(c1cc(Br)ccc1C#N)C1CCCCC1CN. The molecule has 0 aliphatic heterocycles. The van der Waals surface area contributed by atoms with Gasteiger partial charge in [-0.3, -0.25) is 0 Å². The topological polar surface area (TPSA) is 53.0 Å². The Morgan fingerprint density at radius 1 is 1.42 bits per heavy atom. The maximum atomic E-state index is 9.26. The van der Waals surface area contributed by atoms with Crippen LogP contribution in [0.15, 0.2) is 22.7 Å². The van der Waals surface area contributed by atoms with Gasteiger partial charge in [-0.25, -0.2) is 0 Å². The Balaban J connectivity index is 2.30. The van der Waals surface area contributed by atoms with Crippen molar-refractivity contribution in [3.05, 3.63) is 28.2 Å². The third kappa shape index (κ3) is 3.10. The summed E-state index contributed by atoms with van der Waals surface area (Å²) in [6.45, 7) is 0.727. The molecule has 0 amide bonds. The van der Waals surface area contributed by atoms with Gasteiger partial charge in [0.15, 0.2) is 0 Å². The predicted molar refractivity (Wildman–Crippen MR) is 82.1 cm³/mol. The quantitative estimate of drug-likeness (QED) is 0.929. The minimum atomic E-state index is 0.445. The Bertz CT molecular complexity index is 481. The summed E-state index contributed by atoms with van der Waals surface area (Å²) in [6, 6.07) is 8.54. The lowest BCUT2D eigenvalue weighted by Gasteiger charge is -2.39. The normalized spacial score (nSPS) is 22.8. The molecule has 1 aromatic carbocycles. The Morgan fingerprint density at radius 3 is 2.84 bits per heavy atom. The second-order valence-corrected chi connectivity index (χ2v) is 6.15. The zero-order valence-electron chi connectivity index (χ0n) is 11.3. The van der Waals surface area contributed by atoms with Gasteiger partial charge in [-0.15, -0.1) is 0 Å². The Kier molecular flexibility index (Phi) is 4.84. The van der Waals surface area contributed by atoms with Crippen molar-refractivity contribution >= 4 is 21.6 Å². The van der Waals surface area contributed by atoms with Crippen LogP contribution in [0.2, 0.25) is 0 Å². The number of nitriles is 1. The highest BCUT2D eigenvalue weighted by atomic mass is 79.9. The average molecular weight is 322 g/mol. The maximum Gasteiger partial charge on any atom is 0.101 e. The molecule has 0 bridgehead atoms. The molecule has 19 heavy (non-hydrogen) atoms. The highest BCUT2D eigenvalue weighted by Gasteiger charge is 2.28. The summed E-state index contributed by atoms with van der Waals surface area (Å²) < 4.78 is 1.01. The van der Waals surface area contributed by atoms with E-state index in [1.807, 2.05) is 18.2 Å². The Hall–Kier alpha value is -1.05. The lowest BCUT2D eigenvalue weighted by molar-refractivity contribution is 0.306. The summed E-state index contributed by atoms with van der Waals surface area (Å²) in [7, 11) is 2.08. The van der Waals surface area contributed by atoms with Gasteiger partial charge in [0.05, 0.1) is 11.3 Å². The molecule has 0 saturated heterocycles. The van der Waals surface area contributed by atoms with Crippen LogP contribution < -0.4 is 10.6 Å². The fraction of sp³-hybridized carbons (Fsp3) is 0.533. The molecular formula is C15H20BrN3. The third-order valence-electron chi connectivity index (χ3n) is 4.13. The monoisotopic (exact) mass is 321 g/mol. The van der Waals surface area contributed by atoms with Crippen molar-refractivity contribution in [1.82, 2.24) is 0 Å². The fourth-order valence-corrected chi connectivity index (χ4v) is 3.39. The summed E-state index contributed by atoms with van der Waals surface area (Å²) in [6.07, 6.45) is 4.88. The van der Waals surface area contributed by atoms with E-state index in [0.29, 0.717) is 12.0 Å². The minimum absolute atomic E-state index is 0.445. The standard InChI is InChI=1S/C15H20BrN3/c1-19(14-5-3-2-4-11(14)9-17)15-8-13(16)7-6-12(15)10-18/h6-8,11,14H,2-5,9,17H2,1H3. The number of nitrogens with two attached hydrogens (primary N) is 1. The van der Waals surface area contributed by atoms with Gasteiger partial charge in [0.25, 0.3) is 0 Å². The molecule has 0 heterocycles. The van der Waals surface area contributed by atoms with Crippen molar-refractivity contribution in [2.75, 3.05) is 18.5 Å². The number of anilines is 1. The van der Waals surface area contributed by atoms with E-state index in [9.17, 15) is 5.26 Å². The Morgan fingerprint density at radius 2 is 2.16 bits per heavy atom. The second kappa shape index (κ2) is 6.40. The van der Waals surface area contributed by atoms with Crippen LogP contribution in [0.1, 0.15) is 31.2 Å². The molecule has 1 aliphatic rings. The largest absolute Gasteiger partial charge is 0.370 e. The fourth-order valence-electron chi connectivity index (χ4n) is 3.04. The van der Waals surface area contributed by atoms with Crippen LogP contribution in [-0.4, -0.2) is 19.6 Å². The number of hydrogen-bond acceptors (Lipinski definition) is 3. The van der Waals surface area contributed by atoms with E-state index in [1.165, 1.54) is 19.3 Å². The number of nitrogens with zero attached hydrogens (tertiary/aromatic N) is 2. The van der Waals surface area contributed by atoms with Crippen molar-refractivity contribution in [3.8, 4) is 6.07 Å². The van der Waals surface area contributed by atoms with Gasteiger partial charge in [-0.05, 0) is 43.5 Å². The van der Waals surface area contributed by atoms with E-state index in [1.54, 1.807) is 0 Å². The summed E-state index contributed by atoms with van der Waals surface area (Å²) in [5.41, 5.74) is 7.64. The van der Waals surface area contributed by atoms with Crippen LogP contribution in [0.5, 0.6) is 0 Å². The van der Waals surface area contributed by atoms with Gasteiger partial charge in [-0.1, -0.05) is 28.8 Å². The Labute approximate surface area is 123 Å². The lowest BCUT2D eigenvalue weighted by atomic mass is 9.83. The van der Waals surface area contributed by atoms with Gasteiger partial charge >= 0.3 is 0 Å².